The Morgan fingerprint density at radius 2 is 1.87 bits per heavy atom. The van der Waals surface area contributed by atoms with E-state index in [1.165, 1.54) is 38.8 Å². The largest absolute Gasteiger partial charge is 0.361 e. The van der Waals surface area contributed by atoms with Gasteiger partial charge < -0.3 is 15.2 Å². The van der Waals surface area contributed by atoms with Crippen LogP contribution in [0.25, 0.3) is 17.0 Å². The van der Waals surface area contributed by atoms with Gasteiger partial charge in [0.25, 0.3) is 0 Å². The summed E-state index contributed by atoms with van der Waals surface area (Å²) in [6, 6.07) is 17.2. The molecule has 2 N–H and O–H groups in total. The second-order valence-electron chi connectivity index (χ2n) is 9.05. The molecule has 5 rings (SSSR count). The molecule has 0 saturated carbocycles. The maximum atomic E-state index is 12.2. The minimum Gasteiger partial charge on any atom is -0.361 e. The molecular formula is C27H31N3O. The number of nitrogens with zero attached hydrogens (tertiary/aromatic N) is 1. The molecule has 2 aromatic carbocycles. The Labute approximate surface area is 184 Å². The quantitative estimate of drug-likeness (QED) is 0.456. The van der Waals surface area contributed by atoms with Gasteiger partial charge in [0.15, 0.2) is 0 Å². The van der Waals surface area contributed by atoms with Gasteiger partial charge in [-0.3, -0.25) is 4.79 Å². The summed E-state index contributed by atoms with van der Waals surface area (Å²) in [6.45, 7) is 4.12. The Kier molecular flexibility index (Phi) is 5.65. The highest BCUT2D eigenvalue weighted by Gasteiger charge is 2.40. The number of para-hydroxylation sites is 1. The van der Waals surface area contributed by atoms with Gasteiger partial charge >= 0.3 is 0 Å². The minimum atomic E-state index is -0.0227. The minimum absolute atomic E-state index is 0.0227. The molecule has 1 saturated heterocycles. The Morgan fingerprint density at radius 3 is 2.77 bits per heavy atom. The van der Waals surface area contributed by atoms with Crippen LogP contribution in [0.5, 0.6) is 0 Å². The second-order valence-corrected chi connectivity index (χ2v) is 9.05. The number of H-pyrrole nitrogens is 1. The van der Waals surface area contributed by atoms with Crippen LogP contribution < -0.4 is 5.32 Å². The van der Waals surface area contributed by atoms with Crippen LogP contribution in [-0.4, -0.2) is 42.0 Å². The molecule has 1 aliphatic heterocycles. The van der Waals surface area contributed by atoms with E-state index in [2.05, 4.69) is 45.5 Å². The molecule has 0 atom stereocenters. The zero-order chi connectivity index (χ0) is 21.1. The molecule has 31 heavy (non-hydrogen) atoms. The van der Waals surface area contributed by atoms with Gasteiger partial charge in [0.05, 0.1) is 0 Å². The van der Waals surface area contributed by atoms with Crippen molar-refractivity contribution in [1.82, 2.24) is 15.2 Å². The molecule has 160 valence electrons. The number of amides is 1. The van der Waals surface area contributed by atoms with Gasteiger partial charge in [-0.25, -0.2) is 0 Å². The first-order valence-electron chi connectivity index (χ1n) is 11.6. The van der Waals surface area contributed by atoms with E-state index in [-0.39, 0.29) is 5.91 Å². The fraction of sp³-hybridized carbons (Fsp3) is 0.370. The molecule has 1 spiro atoms. The van der Waals surface area contributed by atoms with Crippen LogP contribution in [0.3, 0.4) is 0 Å². The zero-order valence-corrected chi connectivity index (χ0v) is 18.1. The van der Waals surface area contributed by atoms with Gasteiger partial charge in [-0.2, -0.15) is 0 Å². The molecule has 0 unspecified atom stereocenters. The van der Waals surface area contributed by atoms with E-state index in [4.69, 9.17) is 0 Å². The molecule has 2 aliphatic rings. The molecule has 1 amide bonds. The van der Waals surface area contributed by atoms with E-state index < -0.39 is 0 Å². The summed E-state index contributed by atoms with van der Waals surface area (Å²) in [6.07, 6.45) is 11.6. The number of hydrogen-bond donors (Lipinski definition) is 2. The van der Waals surface area contributed by atoms with Crippen molar-refractivity contribution in [3.05, 3.63) is 77.5 Å². The van der Waals surface area contributed by atoms with Crippen LogP contribution in [0.2, 0.25) is 0 Å². The molecule has 4 nitrogen and oxygen atoms in total. The highest BCUT2D eigenvalue weighted by molar-refractivity contribution is 5.96. The Bertz CT molecular complexity index is 1090. The maximum Gasteiger partial charge on any atom is 0.244 e. The molecule has 2 heterocycles. The molecule has 0 radical (unpaired) electrons. The summed E-state index contributed by atoms with van der Waals surface area (Å²) < 4.78 is 0. The Hall–Kier alpha value is -2.85. The van der Waals surface area contributed by atoms with Crippen LogP contribution in [0.1, 0.15) is 42.4 Å². The molecule has 0 bridgehead atoms. The lowest BCUT2D eigenvalue weighted by molar-refractivity contribution is -0.116. The number of piperidine rings is 1. The summed E-state index contributed by atoms with van der Waals surface area (Å²) in [5.41, 5.74) is 5.74. The van der Waals surface area contributed by atoms with E-state index in [9.17, 15) is 4.79 Å². The third-order valence-electron chi connectivity index (χ3n) is 7.26. The van der Waals surface area contributed by atoms with Crippen LogP contribution in [0, 0.1) is 0 Å². The van der Waals surface area contributed by atoms with Crippen LogP contribution in [0.15, 0.2) is 60.8 Å². The predicted molar refractivity (Wildman–Crippen MR) is 127 cm³/mol. The van der Waals surface area contributed by atoms with E-state index in [1.807, 2.05) is 30.5 Å². The summed E-state index contributed by atoms with van der Waals surface area (Å²) in [7, 11) is 0. The lowest BCUT2D eigenvalue weighted by atomic mass is 9.74. The number of nitrogens with one attached hydrogen (secondary N) is 2. The first-order chi connectivity index (χ1) is 15.2. The number of likely N-dealkylation sites (tertiary alicyclic amines) is 1. The smallest absolute Gasteiger partial charge is 0.244 e. The van der Waals surface area contributed by atoms with Crippen LogP contribution in [0.4, 0.5) is 0 Å². The highest BCUT2D eigenvalue weighted by atomic mass is 16.1. The number of hydrogen-bond acceptors (Lipinski definition) is 2. The van der Waals surface area contributed by atoms with Gasteiger partial charge in [0.2, 0.25) is 5.91 Å². The molecule has 1 fully saturated rings. The van der Waals surface area contributed by atoms with E-state index in [0.29, 0.717) is 5.41 Å². The first kappa shape index (κ1) is 20.1. The van der Waals surface area contributed by atoms with E-state index in [1.54, 1.807) is 17.2 Å². The number of aromatic amines is 1. The van der Waals surface area contributed by atoms with Gasteiger partial charge in [0.1, 0.15) is 0 Å². The van der Waals surface area contributed by atoms with Gasteiger partial charge in [0, 0.05) is 29.7 Å². The number of carbonyl (C=O) groups excluding carboxylic acids is 1. The van der Waals surface area contributed by atoms with Gasteiger partial charge in [-0.05, 0) is 86.0 Å². The normalized spacial score (nSPS) is 18.1. The van der Waals surface area contributed by atoms with E-state index >= 15 is 0 Å². The molecular weight excluding hydrogens is 382 g/mol. The van der Waals surface area contributed by atoms with Crippen molar-refractivity contribution in [2.75, 3.05) is 26.2 Å². The van der Waals surface area contributed by atoms with Crippen molar-refractivity contribution in [2.24, 2.45) is 0 Å². The first-order valence-corrected chi connectivity index (χ1v) is 11.6. The van der Waals surface area contributed by atoms with Crippen LogP contribution >= 0.6 is 0 Å². The lowest BCUT2D eigenvalue weighted by Gasteiger charge is -2.40. The summed E-state index contributed by atoms with van der Waals surface area (Å²) in [5.74, 6) is -0.0227. The second kappa shape index (κ2) is 8.72. The monoisotopic (exact) mass is 413 g/mol. The lowest BCUT2D eigenvalue weighted by Crippen LogP contribution is -2.42. The van der Waals surface area contributed by atoms with Crippen LogP contribution in [-0.2, 0) is 16.6 Å². The van der Waals surface area contributed by atoms with Gasteiger partial charge in [-0.1, -0.05) is 42.5 Å². The van der Waals surface area contributed by atoms with Crippen molar-refractivity contribution in [1.29, 1.82) is 0 Å². The predicted octanol–water partition coefficient (Wildman–Crippen LogP) is 4.67. The zero-order valence-electron chi connectivity index (χ0n) is 18.1. The number of aromatic nitrogens is 1. The average molecular weight is 414 g/mol. The highest BCUT2D eigenvalue weighted by Crippen LogP contribution is 2.46. The molecule has 3 aromatic rings. The van der Waals surface area contributed by atoms with Crippen molar-refractivity contribution >= 4 is 22.9 Å². The molecule has 4 heteroatoms. The van der Waals surface area contributed by atoms with Crippen molar-refractivity contribution in [2.45, 2.75) is 37.5 Å². The maximum absolute atomic E-state index is 12.2. The number of benzene rings is 2. The number of fused-ring (bicyclic) bond motifs is 3. The fourth-order valence-corrected chi connectivity index (χ4v) is 5.46. The van der Waals surface area contributed by atoms with Crippen molar-refractivity contribution in [3.63, 3.8) is 0 Å². The summed E-state index contributed by atoms with van der Waals surface area (Å²) >= 11 is 0. The van der Waals surface area contributed by atoms with Gasteiger partial charge in [-0.15, -0.1) is 0 Å². The Morgan fingerprint density at radius 1 is 1.06 bits per heavy atom. The average Bonchev–Trinajstić information content (AvgIpc) is 3.39. The molecule has 1 aromatic heterocycles. The summed E-state index contributed by atoms with van der Waals surface area (Å²) in [4.78, 5) is 18.0. The Balaban J connectivity index is 1.05. The number of aryl methyl sites for hydroxylation is 1. The standard InChI is InChI=1S/C27H31N3O/c31-26(11-10-22-20-29-25-9-4-2-7-23(22)25)28-16-5-17-30-18-14-27(15-19-30)13-12-21-6-1-3-8-24(21)27/h1-4,6-11,20,29H,5,12-19H2,(H,28,31)/b11-10+. The fourth-order valence-electron chi connectivity index (χ4n) is 5.46. The number of carbonyl (C=O) groups is 1. The van der Waals surface area contributed by atoms with E-state index in [0.717, 1.165) is 36.0 Å². The number of rotatable bonds is 6. The SMILES string of the molecule is O=C(/C=C/c1c[nH]c2ccccc12)NCCCN1CCC2(CCc3ccccc32)CC1. The van der Waals surface area contributed by atoms with Crippen molar-refractivity contribution in [3.8, 4) is 0 Å². The topological polar surface area (TPSA) is 48.1 Å². The third-order valence-corrected chi connectivity index (χ3v) is 7.26. The third kappa shape index (κ3) is 4.17. The van der Waals surface area contributed by atoms with Crippen molar-refractivity contribution < 1.29 is 4.79 Å². The molecule has 1 aliphatic carbocycles. The summed E-state index contributed by atoms with van der Waals surface area (Å²) in [5, 5.41) is 4.17.